The maximum atomic E-state index is 13.5. The topological polar surface area (TPSA) is 64.6 Å². The molecule has 0 saturated heterocycles. The number of anilines is 1. The molecule has 0 aliphatic heterocycles. The number of hydrogen-bond acceptors (Lipinski definition) is 4. The lowest BCUT2D eigenvalue weighted by molar-refractivity contribution is -0.154. The molecule has 0 heterocycles. The van der Waals surface area contributed by atoms with Gasteiger partial charge in [0.1, 0.15) is 11.4 Å². The van der Waals surface area contributed by atoms with Crippen LogP contribution in [0.2, 0.25) is 0 Å². The smallest absolute Gasteiger partial charge is 0.306 e. The zero-order valence-electron chi connectivity index (χ0n) is 19.9. The molecule has 1 N–H and O–H groups in total. The number of methoxy groups -OCH3 is 1. The normalized spacial score (nSPS) is 15.2. The fraction of sp³-hybridized carbons (Fsp3) is 0.481. The molecule has 2 aromatic rings. The lowest BCUT2D eigenvalue weighted by Gasteiger charge is -2.24. The molecular formula is C27H34BrNO4. The molecule has 1 saturated carbocycles. The number of amides is 1. The van der Waals surface area contributed by atoms with Gasteiger partial charge in [-0.1, -0.05) is 53.0 Å². The number of nitrogens with one attached hydrogen (secondary N) is 1. The Hall–Kier alpha value is -2.34. The predicted octanol–water partition coefficient (Wildman–Crippen LogP) is 6.64. The van der Waals surface area contributed by atoms with E-state index in [0.717, 1.165) is 41.3 Å². The number of halogens is 1. The number of para-hydroxylation sites is 1. The van der Waals surface area contributed by atoms with E-state index in [0.29, 0.717) is 23.8 Å². The van der Waals surface area contributed by atoms with Crippen LogP contribution in [0.4, 0.5) is 5.69 Å². The average molecular weight is 516 g/mol. The molecule has 1 unspecified atom stereocenters. The summed E-state index contributed by atoms with van der Waals surface area (Å²) >= 11 is 3.49. The molecule has 1 aliphatic rings. The summed E-state index contributed by atoms with van der Waals surface area (Å²) in [6, 6.07) is 13.7. The second-order valence-electron chi connectivity index (χ2n) is 9.65. The number of ether oxygens (including phenoxy) is 2. The highest BCUT2D eigenvalue weighted by molar-refractivity contribution is 9.10. The van der Waals surface area contributed by atoms with Gasteiger partial charge in [0.15, 0.2) is 0 Å². The fourth-order valence-corrected chi connectivity index (χ4v) is 4.82. The van der Waals surface area contributed by atoms with Crippen LogP contribution < -0.4 is 10.1 Å². The molecule has 33 heavy (non-hydrogen) atoms. The van der Waals surface area contributed by atoms with Crippen LogP contribution in [-0.4, -0.2) is 24.6 Å². The lowest BCUT2D eigenvalue weighted by Crippen LogP contribution is -2.27. The summed E-state index contributed by atoms with van der Waals surface area (Å²) in [5.41, 5.74) is 2.01. The Kier molecular flexibility index (Phi) is 8.57. The van der Waals surface area contributed by atoms with Crippen molar-refractivity contribution in [2.24, 2.45) is 5.92 Å². The summed E-state index contributed by atoms with van der Waals surface area (Å²) in [5, 5.41) is 3.13. The van der Waals surface area contributed by atoms with Crippen molar-refractivity contribution in [1.82, 2.24) is 0 Å². The van der Waals surface area contributed by atoms with Crippen LogP contribution in [-0.2, 0) is 20.7 Å². The highest BCUT2D eigenvalue weighted by Gasteiger charge is 2.32. The third-order valence-corrected chi connectivity index (χ3v) is 6.49. The Labute approximate surface area is 205 Å². The second-order valence-corrected chi connectivity index (χ2v) is 10.6. The molecule has 1 fully saturated rings. The maximum Gasteiger partial charge on any atom is 0.306 e. The molecule has 0 aromatic heterocycles. The van der Waals surface area contributed by atoms with Crippen LogP contribution in [0.1, 0.15) is 69.9 Å². The minimum Gasteiger partial charge on any atom is -0.494 e. The standard InChI is InChI=1S/C27H34BrNO4/c1-27(2,3)33-23(30)17-14-20-10-7-11-22(25(20)32-4)29-26(31)24(18-8-5-6-9-18)19-12-15-21(28)16-13-19/h7,10-13,15-16,18,24H,5-6,8-9,14,17H2,1-4H3,(H,29,31). The van der Waals surface area contributed by atoms with Crippen LogP contribution in [0.5, 0.6) is 5.75 Å². The SMILES string of the molecule is COc1c(CCC(=O)OC(C)(C)C)cccc1NC(=O)C(c1ccc(Br)cc1)C1CCCC1. The van der Waals surface area contributed by atoms with E-state index in [1.165, 1.54) is 0 Å². The number of rotatable bonds is 8. The third-order valence-electron chi connectivity index (χ3n) is 5.96. The van der Waals surface area contributed by atoms with Crippen LogP contribution >= 0.6 is 15.9 Å². The summed E-state index contributed by atoms with van der Waals surface area (Å²) in [5.74, 6) is 0.431. The Morgan fingerprint density at radius 2 is 1.76 bits per heavy atom. The van der Waals surface area contributed by atoms with Gasteiger partial charge in [-0.3, -0.25) is 9.59 Å². The van der Waals surface area contributed by atoms with E-state index < -0.39 is 5.60 Å². The Morgan fingerprint density at radius 1 is 1.09 bits per heavy atom. The van der Waals surface area contributed by atoms with Gasteiger partial charge in [-0.05, 0) is 75.3 Å². The van der Waals surface area contributed by atoms with E-state index >= 15 is 0 Å². The van der Waals surface area contributed by atoms with Crippen LogP contribution in [0.3, 0.4) is 0 Å². The third kappa shape index (κ3) is 7.07. The average Bonchev–Trinajstić information content (AvgIpc) is 3.27. The molecule has 1 amide bonds. The number of esters is 1. The Balaban J connectivity index is 1.79. The van der Waals surface area contributed by atoms with Crippen LogP contribution in [0.15, 0.2) is 46.9 Å². The molecule has 3 rings (SSSR count). The van der Waals surface area contributed by atoms with E-state index in [-0.39, 0.29) is 24.2 Å². The van der Waals surface area contributed by atoms with Gasteiger partial charge >= 0.3 is 5.97 Å². The van der Waals surface area contributed by atoms with Gasteiger partial charge in [0.25, 0.3) is 0 Å². The van der Waals surface area contributed by atoms with Crippen molar-refractivity contribution < 1.29 is 19.1 Å². The summed E-state index contributed by atoms with van der Waals surface area (Å²) < 4.78 is 12.1. The predicted molar refractivity (Wildman–Crippen MR) is 135 cm³/mol. The van der Waals surface area contributed by atoms with E-state index in [2.05, 4.69) is 21.2 Å². The molecule has 0 radical (unpaired) electrons. The highest BCUT2D eigenvalue weighted by atomic mass is 79.9. The summed E-state index contributed by atoms with van der Waals surface area (Å²) in [6.45, 7) is 5.56. The molecule has 6 heteroatoms. The van der Waals surface area contributed by atoms with E-state index in [1.54, 1.807) is 7.11 Å². The lowest BCUT2D eigenvalue weighted by atomic mass is 9.84. The second kappa shape index (κ2) is 11.2. The summed E-state index contributed by atoms with van der Waals surface area (Å²) in [7, 11) is 1.59. The van der Waals surface area contributed by atoms with Crippen molar-refractivity contribution in [2.45, 2.75) is 70.8 Å². The molecule has 5 nitrogen and oxygen atoms in total. The molecule has 2 aromatic carbocycles. The van der Waals surface area contributed by atoms with Crippen molar-refractivity contribution in [1.29, 1.82) is 0 Å². The van der Waals surface area contributed by atoms with E-state index in [1.807, 2.05) is 63.2 Å². The van der Waals surface area contributed by atoms with Crippen molar-refractivity contribution in [2.75, 3.05) is 12.4 Å². The summed E-state index contributed by atoms with van der Waals surface area (Å²) in [4.78, 5) is 25.7. The Morgan fingerprint density at radius 3 is 2.36 bits per heavy atom. The van der Waals surface area contributed by atoms with E-state index in [4.69, 9.17) is 9.47 Å². The fourth-order valence-electron chi connectivity index (χ4n) is 4.56. The molecule has 0 bridgehead atoms. The zero-order chi connectivity index (χ0) is 24.0. The van der Waals surface area contributed by atoms with Crippen molar-refractivity contribution in [3.8, 4) is 5.75 Å². The minimum atomic E-state index is -0.515. The first-order valence-corrected chi connectivity index (χ1v) is 12.4. The number of benzene rings is 2. The molecular weight excluding hydrogens is 482 g/mol. The minimum absolute atomic E-state index is 0.0215. The molecule has 1 atom stereocenters. The van der Waals surface area contributed by atoms with Crippen molar-refractivity contribution in [3.05, 3.63) is 58.1 Å². The van der Waals surface area contributed by atoms with E-state index in [9.17, 15) is 9.59 Å². The number of carbonyl (C=O) groups is 2. The highest BCUT2D eigenvalue weighted by Crippen LogP contribution is 2.39. The van der Waals surface area contributed by atoms with Crippen molar-refractivity contribution in [3.63, 3.8) is 0 Å². The first-order chi connectivity index (χ1) is 15.7. The van der Waals surface area contributed by atoms with Crippen molar-refractivity contribution >= 4 is 33.5 Å². The van der Waals surface area contributed by atoms with Gasteiger partial charge in [0, 0.05) is 10.9 Å². The van der Waals surface area contributed by atoms with Gasteiger partial charge < -0.3 is 14.8 Å². The molecule has 178 valence electrons. The quantitative estimate of drug-likeness (QED) is 0.400. The van der Waals surface area contributed by atoms with Gasteiger partial charge in [-0.2, -0.15) is 0 Å². The van der Waals surface area contributed by atoms with Gasteiger partial charge in [-0.15, -0.1) is 0 Å². The Bertz CT molecular complexity index is 959. The first-order valence-electron chi connectivity index (χ1n) is 11.6. The largest absolute Gasteiger partial charge is 0.494 e. The van der Waals surface area contributed by atoms with Crippen LogP contribution in [0, 0.1) is 5.92 Å². The molecule has 0 spiro atoms. The summed E-state index contributed by atoms with van der Waals surface area (Å²) in [6.07, 6.45) is 5.15. The van der Waals surface area contributed by atoms with Gasteiger partial charge in [0.05, 0.1) is 18.7 Å². The zero-order valence-corrected chi connectivity index (χ0v) is 21.5. The number of hydrogen-bond donors (Lipinski definition) is 1. The van der Waals surface area contributed by atoms with Gasteiger partial charge in [0.2, 0.25) is 5.91 Å². The van der Waals surface area contributed by atoms with Gasteiger partial charge in [-0.25, -0.2) is 0 Å². The first kappa shape index (κ1) is 25.3. The molecule has 1 aliphatic carbocycles. The maximum absolute atomic E-state index is 13.5. The number of aryl methyl sites for hydroxylation is 1. The number of carbonyl (C=O) groups excluding carboxylic acids is 2. The monoisotopic (exact) mass is 515 g/mol. The van der Waals surface area contributed by atoms with Crippen LogP contribution in [0.25, 0.3) is 0 Å².